The summed E-state index contributed by atoms with van der Waals surface area (Å²) in [6, 6.07) is 11.2. The normalized spacial score (nSPS) is 14.3. The Hall–Kier alpha value is -3.42. The van der Waals surface area contributed by atoms with Crippen molar-refractivity contribution in [3.05, 3.63) is 58.1 Å². The number of nitro benzene ring substituents is 1. The summed E-state index contributed by atoms with van der Waals surface area (Å²) in [6.45, 7) is 5.14. The summed E-state index contributed by atoms with van der Waals surface area (Å²) < 4.78 is 0. The van der Waals surface area contributed by atoms with Crippen LogP contribution in [0.5, 0.6) is 0 Å². The number of anilines is 3. The Balaban J connectivity index is 1.76. The summed E-state index contributed by atoms with van der Waals surface area (Å²) in [6.07, 6.45) is 1.99. The van der Waals surface area contributed by atoms with Gasteiger partial charge in [-0.3, -0.25) is 19.7 Å². The average Bonchev–Trinajstić information content (AvgIpc) is 2.69. The maximum absolute atomic E-state index is 12.6. The van der Waals surface area contributed by atoms with E-state index in [1.807, 2.05) is 4.90 Å². The molecule has 29 heavy (non-hydrogen) atoms. The van der Waals surface area contributed by atoms with Gasteiger partial charge in [-0.2, -0.15) is 0 Å². The van der Waals surface area contributed by atoms with Crippen molar-refractivity contribution < 1.29 is 14.5 Å². The van der Waals surface area contributed by atoms with Gasteiger partial charge in [0.15, 0.2) is 0 Å². The first kappa shape index (κ1) is 20.3. The molecule has 1 aliphatic rings. The predicted octanol–water partition coefficient (Wildman–Crippen LogP) is 4.04. The lowest BCUT2D eigenvalue weighted by atomic mass is 9.98. The number of hydrogen-bond donors (Lipinski definition) is 2. The number of nitrogens with one attached hydrogen (secondary N) is 2. The monoisotopic (exact) mass is 396 g/mol. The van der Waals surface area contributed by atoms with Crippen LogP contribution in [0.1, 0.15) is 37.0 Å². The lowest BCUT2D eigenvalue weighted by molar-refractivity contribution is -0.384. The second-order valence-corrected chi connectivity index (χ2v) is 7.34. The Morgan fingerprint density at radius 1 is 1.03 bits per heavy atom. The van der Waals surface area contributed by atoms with Crippen LogP contribution in [0.25, 0.3) is 0 Å². The highest BCUT2D eigenvalue weighted by Crippen LogP contribution is 2.32. The molecule has 2 aromatic carbocycles. The molecular formula is C21H24N4O4. The fourth-order valence-electron chi connectivity index (χ4n) is 3.37. The first-order chi connectivity index (χ1) is 13.8. The third-order valence-electron chi connectivity index (χ3n) is 5.02. The zero-order valence-electron chi connectivity index (χ0n) is 16.5. The van der Waals surface area contributed by atoms with E-state index in [4.69, 9.17) is 0 Å². The summed E-state index contributed by atoms with van der Waals surface area (Å²) in [5, 5.41) is 17.0. The highest BCUT2D eigenvalue weighted by Gasteiger charge is 2.24. The Bertz CT molecular complexity index is 919. The summed E-state index contributed by atoms with van der Waals surface area (Å²) in [5.74, 6) is 0.00364. The maximum Gasteiger partial charge on any atom is 0.293 e. The minimum atomic E-state index is -0.438. The number of carbonyl (C=O) groups is 2. The van der Waals surface area contributed by atoms with E-state index in [1.54, 1.807) is 36.4 Å². The number of piperidine rings is 1. The van der Waals surface area contributed by atoms with Crippen molar-refractivity contribution in [2.75, 3.05) is 28.6 Å². The van der Waals surface area contributed by atoms with Crippen molar-refractivity contribution in [1.29, 1.82) is 0 Å². The van der Waals surface area contributed by atoms with E-state index < -0.39 is 10.8 Å². The van der Waals surface area contributed by atoms with Gasteiger partial charge in [0, 0.05) is 43.0 Å². The first-order valence-electron chi connectivity index (χ1n) is 9.56. The lowest BCUT2D eigenvalue weighted by Gasteiger charge is -2.31. The van der Waals surface area contributed by atoms with Crippen molar-refractivity contribution in [1.82, 2.24) is 0 Å². The van der Waals surface area contributed by atoms with Crippen LogP contribution < -0.4 is 15.5 Å². The van der Waals surface area contributed by atoms with Crippen LogP contribution in [0.3, 0.4) is 0 Å². The number of nitro groups is 1. The standard InChI is InChI=1S/C21H24N4O4/c1-14-9-11-24(12-10-14)19-8-3-16(13-20(19)25(28)29)21(27)23-18-6-4-17(5-7-18)22-15(2)26/h3-8,13-14H,9-12H2,1-2H3,(H,22,26)(H,23,27). The first-order valence-corrected chi connectivity index (χ1v) is 9.56. The largest absolute Gasteiger partial charge is 0.366 e. The van der Waals surface area contributed by atoms with Gasteiger partial charge in [0.25, 0.3) is 11.6 Å². The fourth-order valence-corrected chi connectivity index (χ4v) is 3.37. The SMILES string of the molecule is CC(=O)Nc1ccc(NC(=O)c2ccc(N3CCC(C)CC3)c([N+](=O)[O-])c2)cc1. The molecule has 0 atom stereocenters. The van der Waals surface area contributed by atoms with E-state index in [9.17, 15) is 19.7 Å². The molecule has 0 aromatic heterocycles. The molecule has 2 N–H and O–H groups in total. The fraction of sp³-hybridized carbons (Fsp3) is 0.333. The number of rotatable bonds is 5. The number of benzene rings is 2. The molecule has 152 valence electrons. The molecule has 0 spiro atoms. The van der Waals surface area contributed by atoms with Gasteiger partial charge in [0.05, 0.1) is 4.92 Å². The molecule has 0 saturated carbocycles. The third kappa shape index (κ3) is 5.10. The highest BCUT2D eigenvalue weighted by molar-refractivity contribution is 6.05. The molecular weight excluding hydrogens is 372 g/mol. The summed E-state index contributed by atoms with van der Waals surface area (Å²) in [5.41, 5.74) is 1.86. The topological polar surface area (TPSA) is 105 Å². The van der Waals surface area contributed by atoms with Crippen LogP contribution in [-0.2, 0) is 4.79 Å². The number of carbonyl (C=O) groups excluding carboxylic acids is 2. The smallest absolute Gasteiger partial charge is 0.293 e. The molecule has 1 saturated heterocycles. The summed E-state index contributed by atoms with van der Waals surface area (Å²) >= 11 is 0. The molecule has 2 amide bonds. The second-order valence-electron chi connectivity index (χ2n) is 7.34. The number of nitrogens with zero attached hydrogens (tertiary/aromatic N) is 2. The van der Waals surface area contributed by atoms with Crippen LogP contribution in [-0.4, -0.2) is 29.8 Å². The van der Waals surface area contributed by atoms with Crippen LogP contribution in [0.2, 0.25) is 0 Å². The van der Waals surface area contributed by atoms with E-state index in [0.717, 1.165) is 25.9 Å². The Morgan fingerprint density at radius 2 is 1.62 bits per heavy atom. The van der Waals surface area contributed by atoms with Gasteiger partial charge in [-0.05, 0) is 55.2 Å². The van der Waals surface area contributed by atoms with Gasteiger partial charge in [0.2, 0.25) is 5.91 Å². The lowest BCUT2D eigenvalue weighted by Crippen LogP contribution is -2.33. The summed E-state index contributed by atoms with van der Waals surface area (Å²) in [4.78, 5) is 36.8. The molecule has 0 bridgehead atoms. The van der Waals surface area contributed by atoms with Crippen LogP contribution >= 0.6 is 0 Å². The zero-order chi connectivity index (χ0) is 21.0. The second kappa shape index (κ2) is 8.72. The van der Waals surface area contributed by atoms with Gasteiger partial charge >= 0.3 is 0 Å². The molecule has 8 heteroatoms. The van der Waals surface area contributed by atoms with Crippen LogP contribution in [0.4, 0.5) is 22.7 Å². The van der Waals surface area contributed by atoms with E-state index in [1.165, 1.54) is 13.0 Å². The molecule has 3 rings (SSSR count). The van der Waals surface area contributed by atoms with Gasteiger partial charge < -0.3 is 15.5 Å². The number of hydrogen-bond acceptors (Lipinski definition) is 5. The van der Waals surface area contributed by atoms with Gasteiger partial charge in [-0.25, -0.2) is 0 Å². The van der Waals surface area contributed by atoms with Crippen LogP contribution in [0, 0.1) is 16.0 Å². The molecule has 0 unspecified atom stereocenters. The van der Waals surface area contributed by atoms with Crippen molar-refractivity contribution in [2.24, 2.45) is 5.92 Å². The predicted molar refractivity (Wildman–Crippen MR) is 112 cm³/mol. The van der Waals surface area contributed by atoms with Gasteiger partial charge in [0.1, 0.15) is 5.69 Å². The van der Waals surface area contributed by atoms with Crippen molar-refractivity contribution in [3.8, 4) is 0 Å². The third-order valence-corrected chi connectivity index (χ3v) is 5.02. The van der Waals surface area contributed by atoms with Crippen molar-refractivity contribution >= 4 is 34.6 Å². The molecule has 0 radical (unpaired) electrons. The molecule has 1 fully saturated rings. The Morgan fingerprint density at radius 3 is 2.17 bits per heavy atom. The van der Waals surface area contributed by atoms with Gasteiger partial charge in [-0.15, -0.1) is 0 Å². The van der Waals surface area contributed by atoms with Gasteiger partial charge in [-0.1, -0.05) is 6.92 Å². The minimum absolute atomic E-state index is 0.0618. The van der Waals surface area contributed by atoms with E-state index in [-0.39, 0.29) is 17.2 Å². The van der Waals surface area contributed by atoms with E-state index in [0.29, 0.717) is 23.0 Å². The molecule has 8 nitrogen and oxygen atoms in total. The molecule has 2 aromatic rings. The molecule has 1 aliphatic heterocycles. The maximum atomic E-state index is 12.6. The summed E-state index contributed by atoms with van der Waals surface area (Å²) in [7, 11) is 0. The van der Waals surface area contributed by atoms with Crippen LogP contribution in [0.15, 0.2) is 42.5 Å². The number of amides is 2. The quantitative estimate of drug-likeness (QED) is 0.586. The van der Waals surface area contributed by atoms with E-state index in [2.05, 4.69) is 17.6 Å². The zero-order valence-corrected chi connectivity index (χ0v) is 16.5. The molecule has 0 aliphatic carbocycles. The Labute approximate surface area is 169 Å². The van der Waals surface area contributed by atoms with E-state index >= 15 is 0 Å². The average molecular weight is 396 g/mol. The molecule has 1 heterocycles. The minimum Gasteiger partial charge on any atom is -0.366 e. The highest BCUT2D eigenvalue weighted by atomic mass is 16.6. The van der Waals surface area contributed by atoms with Crippen molar-refractivity contribution in [3.63, 3.8) is 0 Å². The van der Waals surface area contributed by atoms with Crippen molar-refractivity contribution in [2.45, 2.75) is 26.7 Å². The Kier molecular flexibility index (Phi) is 6.11.